The summed E-state index contributed by atoms with van der Waals surface area (Å²) in [6.45, 7) is 3.46. The molecule has 0 radical (unpaired) electrons. The minimum Gasteiger partial charge on any atom is -0.339 e. The number of piperidine rings is 1. The molecular weight excluding hydrogens is 292 g/mol. The van der Waals surface area contributed by atoms with Crippen LogP contribution in [0.1, 0.15) is 30.2 Å². The first-order chi connectivity index (χ1) is 11.0. The Bertz CT molecular complexity index is 678. The van der Waals surface area contributed by atoms with Crippen LogP contribution in [0.25, 0.3) is 11.4 Å². The summed E-state index contributed by atoms with van der Waals surface area (Å²) in [5.74, 6) is 1.34. The van der Waals surface area contributed by atoms with Crippen molar-refractivity contribution in [1.29, 1.82) is 0 Å². The number of rotatable bonds is 2. The molecule has 0 aliphatic carbocycles. The first-order valence-electron chi connectivity index (χ1n) is 7.91. The average Bonchev–Trinajstić information content (AvgIpc) is 3.05. The predicted octanol–water partition coefficient (Wildman–Crippen LogP) is 2.91. The molecule has 2 aromatic rings. The van der Waals surface area contributed by atoms with Gasteiger partial charge in [-0.3, -0.25) is 0 Å². The second-order valence-electron chi connectivity index (χ2n) is 6.28. The zero-order chi connectivity index (χ0) is 16.4. The fourth-order valence-corrected chi connectivity index (χ4v) is 2.86. The molecule has 1 aromatic heterocycles. The summed E-state index contributed by atoms with van der Waals surface area (Å²) in [6, 6.07) is 8.08. The fraction of sp³-hybridized carbons (Fsp3) is 0.471. The topological polar surface area (TPSA) is 62.5 Å². The average molecular weight is 314 g/mol. The lowest BCUT2D eigenvalue weighted by Crippen LogP contribution is -2.44. The summed E-state index contributed by atoms with van der Waals surface area (Å²) in [5.41, 5.74) is 2.14. The summed E-state index contributed by atoms with van der Waals surface area (Å²) in [6.07, 6.45) is 1.92. The molecule has 2 heterocycles. The highest BCUT2D eigenvalue weighted by atomic mass is 16.5. The number of urea groups is 1. The second-order valence-corrected chi connectivity index (χ2v) is 6.28. The third-order valence-corrected chi connectivity index (χ3v) is 4.18. The number of nitrogens with zero attached hydrogens (tertiary/aromatic N) is 4. The molecule has 1 aliphatic rings. The number of amides is 2. The lowest BCUT2D eigenvalue weighted by molar-refractivity contribution is 0.149. The summed E-state index contributed by atoms with van der Waals surface area (Å²) < 4.78 is 5.46. The van der Waals surface area contributed by atoms with E-state index < -0.39 is 0 Å². The van der Waals surface area contributed by atoms with Gasteiger partial charge in [0.25, 0.3) is 0 Å². The molecule has 1 aromatic carbocycles. The number of likely N-dealkylation sites (tertiary alicyclic amines) is 1. The third-order valence-electron chi connectivity index (χ3n) is 4.18. The Morgan fingerprint density at radius 1 is 1.30 bits per heavy atom. The molecular formula is C17H22N4O2. The van der Waals surface area contributed by atoms with Crippen molar-refractivity contribution in [2.45, 2.75) is 25.7 Å². The van der Waals surface area contributed by atoms with Gasteiger partial charge in [-0.2, -0.15) is 4.98 Å². The van der Waals surface area contributed by atoms with E-state index in [9.17, 15) is 4.79 Å². The van der Waals surface area contributed by atoms with Crippen molar-refractivity contribution in [2.24, 2.45) is 0 Å². The summed E-state index contributed by atoms with van der Waals surface area (Å²) in [7, 11) is 3.54. The van der Waals surface area contributed by atoms with Crippen LogP contribution in [0.2, 0.25) is 0 Å². The van der Waals surface area contributed by atoms with E-state index in [0.29, 0.717) is 18.3 Å². The number of aromatic nitrogens is 2. The maximum Gasteiger partial charge on any atom is 0.319 e. The highest BCUT2D eigenvalue weighted by Gasteiger charge is 2.29. The van der Waals surface area contributed by atoms with Crippen LogP contribution in [0.5, 0.6) is 0 Å². The van der Waals surface area contributed by atoms with Gasteiger partial charge >= 0.3 is 6.03 Å². The fourth-order valence-electron chi connectivity index (χ4n) is 2.86. The van der Waals surface area contributed by atoms with Crippen LogP contribution in [0, 0.1) is 6.92 Å². The molecule has 0 bridgehead atoms. The number of hydrogen-bond donors (Lipinski definition) is 0. The Morgan fingerprint density at radius 3 is 2.74 bits per heavy atom. The Labute approximate surface area is 136 Å². The van der Waals surface area contributed by atoms with E-state index >= 15 is 0 Å². The SMILES string of the molecule is Cc1ccc(-c2noc(C3CCCN(C(=O)N(C)C)C3)n2)cc1. The number of aryl methyl sites for hydroxylation is 1. The molecule has 1 unspecified atom stereocenters. The van der Waals surface area contributed by atoms with Crippen molar-refractivity contribution in [3.05, 3.63) is 35.7 Å². The van der Waals surface area contributed by atoms with E-state index in [0.717, 1.165) is 24.9 Å². The van der Waals surface area contributed by atoms with E-state index in [-0.39, 0.29) is 11.9 Å². The number of benzene rings is 1. The highest BCUT2D eigenvalue weighted by molar-refractivity contribution is 5.74. The van der Waals surface area contributed by atoms with Gasteiger partial charge in [0.2, 0.25) is 11.7 Å². The van der Waals surface area contributed by atoms with E-state index in [1.807, 2.05) is 36.1 Å². The van der Waals surface area contributed by atoms with E-state index in [1.165, 1.54) is 5.56 Å². The van der Waals surface area contributed by atoms with Crippen LogP contribution in [0.4, 0.5) is 4.79 Å². The third kappa shape index (κ3) is 3.36. The number of hydrogen-bond acceptors (Lipinski definition) is 4. The quantitative estimate of drug-likeness (QED) is 0.855. The molecule has 6 nitrogen and oxygen atoms in total. The van der Waals surface area contributed by atoms with Crippen molar-refractivity contribution in [1.82, 2.24) is 19.9 Å². The van der Waals surface area contributed by atoms with Crippen molar-refractivity contribution < 1.29 is 9.32 Å². The van der Waals surface area contributed by atoms with E-state index in [2.05, 4.69) is 10.1 Å². The van der Waals surface area contributed by atoms with E-state index in [1.54, 1.807) is 19.0 Å². The van der Waals surface area contributed by atoms with Gasteiger partial charge in [-0.05, 0) is 19.8 Å². The monoisotopic (exact) mass is 314 g/mol. The molecule has 6 heteroatoms. The predicted molar refractivity (Wildman–Crippen MR) is 87.1 cm³/mol. The van der Waals surface area contributed by atoms with Gasteiger partial charge in [0, 0.05) is 32.7 Å². The van der Waals surface area contributed by atoms with Crippen LogP contribution >= 0.6 is 0 Å². The normalized spacial score (nSPS) is 18.0. The molecule has 122 valence electrons. The Kier molecular flexibility index (Phi) is 4.32. The number of carbonyl (C=O) groups excluding carboxylic acids is 1. The standard InChI is InChI=1S/C17H22N4O2/c1-12-6-8-13(9-7-12)15-18-16(23-19-15)14-5-4-10-21(11-14)17(22)20(2)3/h6-9,14H,4-5,10-11H2,1-3H3. The van der Waals surface area contributed by atoms with Crippen molar-refractivity contribution in [3.63, 3.8) is 0 Å². The van der Waals surface area contributed by atoms with Crippen LogP contribution in [-0.2, 0) is 0 Å². The molecule has 2 amide bonds. The highest BCUT2D eigenvalue weighted by Crippen LogP contribution is 2.28. The summed E-state index contributed by atoms with van der Waals surface area (Å²) in [4.78, 5) is 20.1. The minimum absolute atomic E-state index is 0.0352. The maximum absolute atomic E-state index is 12.1. The van der Waals surface area contributed by atoms with Gasteiger partial charge in [-0.25, -0.2) is 4.79 Å². The lowest BCUT2D eigenvalue weighted by atomic mass is 9.98. The lowest BCUT2D eigenvalue weighted by Gasteiger charge is -2.32. The maximum atomic E-state index is 12.1. The molecule has 0 saturated carbocycles. The first kappa shape index (κ1) is 15.5. The molecule has 23 heavy (non-hydrogen) atoms. The zero-order valence-electron chi connectivity index (χ0n) is 13.8. The van der Waals surface area contributed by atoms with Gasteiger partial charge in [0.15, 0.2) is 0 Å². The van der Waals surface area contributed by atoms with Crippen molar-refractivity contribution in [2.75, 3.05) is 27.2 Å². The molecule has 1 atom stereocenters. The van der Waals surface area contributed by atoms with Gasteiger partial charge < -0.3 is 14.3 Å². The number of carbonyl (C=O) groups is 1. The van der Waals surface area contributed by atoms with Gasteiger partial charge in [-0.1, -0.05) is 35.0 Å². The molecule has 1 saturated heterocycles. The van der Waals surface area contributed by atoms with Gasteiger partial charge in [-0.15, -0.1) is 0 Å². The van der Waals surface area contributed by atoms with Crippen LogP contribution in [0.3, 0.4) is 0 Å². The zero-order valence-corrected chi connectivity index (χ0v) is 13.8. The van der Waals surface area contributed by atoms with Gasteiger partial charge in [0.05, 0.1) is 5.92 Å². The van der Waals surface area contributed by atoms with Crippen LogP contribution in [0.15, 0.2) is 28.8 Å². The molecule has 0 spiro atoms. The van der Waals surface area contributed by atoms with Crippen molar-refractivity contribution in [3.8, 4) is 11.4 Å². The van der Waals surface area contributed by atoms with Gasteiger partial charge in [0.1, 0.15) is 0 Å². The molecule has 1 aliphatic heterocycles. The smallest absolute Gasteiger partial charge is 0.319 e. The minimum atomic E-state index is 0.0352. The second kappa shape index (κ2) is 6.40. The Hall–Kier alpha value is -2.37. The Morgan fingerprint density at radius 2 is 2.04 bits per heavy atom. The molecule has 0 N–H and O–H groups in total. The summed E-state index contributed by atoms with van der Waals surface area (Å²) >= 11 is 0. The molecule has 1 fully saturated rings. The first-order valence-corrected chi connectivity index (χ1v) is 7.91. The largest absolute Gasteiger partial charge is 0.339 e. The van der Waals surface area contributed by atoms with E-state index in [4.69, 9.17) is 4.52 Å². The van der Waals surface area contributed by atoms with Crippen LogP contribution < -0.4 is 0 Å². The van der Waals surface area contributed by atoms with Crippen molar-refractivity contribution >= 4 is 6.03 Å². The summed E-state index contributed by atoms with van der Waals surface area (Å²) in [5, 5.41) is 4.10. The van der Waals surface area contributed by atoms with Crippen LogP contribution in [-0.4, -0.2) is 53.2 Å². The Balaban J connectivity index is 1.74. The molecule has 3 rings (SSSR count).